The van der Waals surface area contributed by atoms with Gasteiger partial charge in [-0.25, -0.2) is 9.78 Å². The van der Waals surface area contributed by atoms with E-state index in [-0.39, 0.29) is 23.4 Å². The molecule has 1 aromatic carbocycles. The number of esters is 1. The molecule has 1 heterocycles. The van der Waals surface area contributed by atoms with Crippen LogP contribution in [0.2, 0.25) is 10.0 Å². The van der Waals surface area contributed by atoms with Crippen LogP contribution in [0.4, 0.5) is 0 Å². The molecule has 1 unspecified atom stereocenters. The Labute approximate surface area is 165 Å². The quantitative estimate of drug-likeness (QED) is 0.295. The van der Waals surface area contributed by atoms with Crippen LogP contribution in [0.5, 0.6) is 17.4 Å². The van der Waals surface area contributed by atoms with Crippen molar-refractivity contribution in [3.8, 4) is 17.4 Å². The maximum atomic E-state index is 11.9. The number of carbonyl (C=O) groups is 1. The van der Waals surface area contributed by atoms with Gasteiger partial charge in [-0.2, -0.15) is 0 Å². The fraction of sp³-hybridized carbons (Fsp3) is 0.250. The second-order valence-electron chi connectivity index (χ2n) is 4.90. The second kappa shape index (κ2) is 8.85. The van der Waals surface area contributed by atoms with Crippen molar-refractivity contribution in [3.63, 3.8) is 0 Å². The van der Waals surface area contributed by atoms with Crippen molar-refractivity contribution >= 4 is 53.4 Å². The Morgan fingerprint density at radius 2 is 1.84 bits per heavy atom. The molecule has 0 amide bonds. The molecule has 9 heteroatoms. The van der Waals surface area contributed by atoms with Gasteiger partial charge in [0.2, 0.25) is 10.8 Å². The number of hydrogen-bond acceptors (Lipinski definition) is 6. The highest BCUT2D eigenvalue weighted by Crippen LogP contribution is 2.33. The summed E-state index contributed by atoms with van der Waals surface area (Å²) in [6, 6.07) is 8.03. The van der Waals surface area contributed by atoms with Crippen molar-refractivity contribution in [3.05, 3.63) is 46.6 Å². The Kier molecular flexibility index (Phi) is 7.07. The SMILES string of the molecule is CC(S)(Oc1ccc(Oc2nccc(Cl)c2Cl)cc1)C(=O)OCCCl. The largest absolute Gasteiger partial charge is 0.466 e. The molecule has 25 heavy (non-hydrogen) atoms. The number of ether oxygens (including phenoxy) is 3. The fourth-order valence-electron chi connectivity index (χ4n) is 1.70. The zero-order chi connectivity index (χ0) is 18.4. The van der Waals surface area contributed by atoms with Gasteiger partial charge in [0, 0.05) is 6.20 Å². The highest BCUT2D eigenvalue weighted by Gasteiger charge is 2.33. The van der Waals surface area contributed by atoms with Crippen LogP contribution in [0.25, 0.3) is 0 Å². The molecule has 1 atom stereocenters. The van der Waals surface area contributed by atoms with Gasteiger partial charge in [-0.1, -0.05) is 23.2 Å². The first kappa shape index (κ1) is 20.0. The van der Waals surface area contributed by atoms with Crippen molar-refractivity contribution in [1.82, 2.24) is 4.98 Å². The van der Waals surface area contributed by atoms with Crippen molar-refractivity contribution in [1.29, 1.82) is 0 Å². The molecule has 0 radical (unpaired) electrons. The van der Waals surface area contributed by atoms with Gasteiger partial charge >= 0.3 is 5.97 Å². The summed E-state index contributed by atoms with van der Waals surface area (Å²) >= 11 is 21.6. The molecular formula is C16H14Cl3NO4S. The predicted molar refractivity (Wildman–Crippen MR) is 100 cm³/mol. The van der Waals surface area contributed by atoms with Gasteiger partial charge in [-0.15, -0.1) is 24.2 Å². The van der Waals surface area contributed by atoms with Gasteiger partial charge in [0.05, 0.1) is 10.9 Å². The van der Waals surface area contributed by atoms with Crippen molar-refractivity contribution < 1.29 is 19.0 Å². The molecule has 0 bridgehead atoms. The summed E-state index contributed by atoms with van der Waals surface area (Å²) in [5.41, 5.74) is 0. The van der Waals surface area contributed by atoms with Crippen molar-refractivity contribution in [2.24, 2.45) is 0 Å². The lowest BCUT2D eigenvalue weighted by Crippen LogP contribution is -2.37. The Balaban J connectivity index is 2.04. The maximum absolute atomic E-state index is 11.9. The lowest BCUT2D eigenvalue weighted by molar-refractivity contribution is -0.152. The lowest BCUT2D eigenvalue weighted by Gasteiger charge is -2.23. The van der Waals surface area contributed by atoms with Crippen molar-refractivity contribution in [2.75, 3.05) is 12.5 Å². The summed E-state index contributed by atoms with van der Waals surface area (Å²) in [4.78, 5) is 14.4. The average molecular weight is 423 g/mol. The third-order valence-electron chi connectivity index (χ3n) is 2.85. The van der Waals surface area contributed by atoms with E-state index in [2.05, 4.69) is 17.6 Å². The summed E-state index contributed by atoms with van der Waals surface area (Å²) < 4.78 is 16.0. The Hall–Kier alpha value is -1.34. The summed E-state index contributed by atoms with van der Waals surface area (Å²) in [7, 11) is 0. The molecule has 0 aliphatic carbocycles. The zero-order valence-corrected chi connectivity index (χ0v) is 16.2. The van der Waals surface area contributed by atoms with Gasteiger partial charge in [0.1, 0.15) is 23.1 Å². The van der Waals surface area contributed by atoms with Crippen LogP contribution in [0.1, 0.15) is 6.92 Å². The van der Waals surface area contributed by atoms with E-state index in [4.69, 9.17) is 49.0 Å². The molecule has 5 nitrogen and oxygen atoms in total. The van der Waals surface area contributed by atoms with E-state index in [9.17, 15) is 4.79 Å². The molecule has 0 N–H and O–H groups in total. The van der Waals surface area contributed by atoms with Crippen LogP contribution in [0.15, 0.2) is 36.5 Å². The molecule has 2 rings (SSSR count). The van der Waals surface area contributed by atoms with E-state index < -0.39 is 10.9 Å². The monoisotopic (exact) mass is 421 g/mol. The second-order valence-corrected chi connectivity index (χ2v) is 6.91. The van der Waals surface area contributed by atoms with E-state index in [1.807, 2.05) is 0 Å². The molecule has 0 fully saturated rings. The molecule has 134 valence electrons. The van der Waals surface area contributed by atoms with Gasteiger partial charge in [0.15, 0.2) is 0 Å². The Morgan fingerprint density at radius 3 is 2.48 bits per heavy atom. The van der Waals surface area contributed by atoms with Gasteiger partial charge < -0.3 is 14.2 Å². The molecule has 1 aromatic heterocycles. The number of hydrogen-bond donors (Lipinski definition) is 1. The number of rotatable bonds is 7. The first-order valence-corrected chi connectivity index (χ1v) is 8.80. The van der Waals surface area contributed by atoms with Crippen LogP contribution in [0.3, 0.4) is 0 Å². The standard InChI is InChI=1S/C16H14Cl3NO4S/c1-16(25,15(21)22-9-7-17)24-11-4-2-10(3-5-11)23-14-13(19)12(18)6-8-20-14/h2-6,8,25H,7,9H2,1H3. The summed E-state index contributed by atoms with van der Waals surface area (Å²) in [5.74, 6) is 0.618. The smallest absolute Gasteiger partial charge is 0.360 e. The van der Waals surface area contributed by atoms with Gasteiger partial charge in [0.25, 0.3) is 0 Å². The number of alkyl halides is 1. The van der Waals surface area contributed by atoms with Crippen LogP contribution >= 0.6 is 47.4 Å². The summed E-state index contributed by atoms with van der Waals surface area (Å²) in [6.45, 7) is 1.56. The van der Waals surface area contributed by atoms with E-state index in [0.29, 0.717) is 16.5 Å². The summed E-state index contributed by atoms with van der Waals surface area (Å²) in [5, 5.41) is 0.558. The highest BCUT2D eigenvalue weighted by molar-refractivity contribution is 7.82. The third kappa shape index (κ3) is 5.57. The fourth-order valence-corrected chi connectivity index (χ4v) is 2.23. The van der Waals surface area contributed by atoms with E-state index >= 15 is 0 Å². The van der Waals surface area contributed by atoms with Gasteiger partial charge in [-0.05, 0) is 37.3 Å². The molecule has 2 aromatic rings. The maximum Gasteiger partial charge on any atom is 0.360 e. The van der Waals surface area contributed by atoms with E-state index in [0.717, 1.165) is 0 Å². The van der Waals surface area contributed by atoms with Gasteiger partial charge in [-0.3, -0.25) is 0 Å². The number of benzene rings is 1. The molecule has 0 aliphatic rings. The summed E-state index contributed by atoms with van der Waals surface area (Å²) in [6.07, 6.45) is 1.49. The van der Waals surface area contributed by atoms with Crippen LogP contribution in [0, 0.1) is 0 Å². The number of halogens is 3. The molecular weight excluding hydrogens is 409 g/mol. The molecule has 0 saturated carbocycles. The Morgan fingerprint density at radius 1 is 1.20 bits per heavy atom. The molecule has 0 saturated heterocycles. The number of carbonyl (C=O) groups excluding carboxylic acids is 1. The van der Waals surface area contributed by atoms with Crippen LogP contribution in [-0.2, 0) is 9.53 Å². The minimum Gasteiger partial charge on any atom is -0.466 e. The van der Waals surface area contributed by atoms with Crippen LogP contribution in [-0.4, -0.2) is 28.4 Å². The molecule has 0 spiro atoms. The lowest BCUT2D eigenvalue weighted by atomic mass is 10.3. The first-order valence-electron chi connectivity index (χ1n) is 7.06. The van der Waals surface area contributed by atoms with Crippen LogP contribution < -0.4 is 9.47 Å². The minimum absolute atomic E-state index is 0.0834. The number of pyridine rings is 1. The number of thiol groups is 1. The molecule has 0 aliphatic heterocycles. The van der Waals surface area contributed by atoms with E-state index in [1.54, 1.807) is 30.3 Å². The first-order chi connectivity index (χ1) is 11.8. The highest BCUT2D eigenvalue weighted by atomic mass is 35.5. The minimum atomic E-state index is -1.45. The van der Waals surface area contributed by atoms with E-state index in [1.165, 1.54) is 13.1 Å². The van der Waals surface area contributed by atoms with Crippen molar-refractivity contribution in [2.45, 2.75) is 11.9 Å². The number of aromatic nitrogens is 1. The zero-order valence-electron chi connectivity index (χ0n) is 13.0. The Bertz CT molecular complexity index is 741. The number of nitrogens with zero attached hydrogens (tertiary/aromatic N) is 1. The topological polar surface area (TPSA) is 57.7 Å². The predicted octanol–water partition coefficient (Wildman–Crippen LogP) is 4.99. The normalized spacial score (nSPS) is 13.0. The average Bonchev–Trinajstić information content (AvgIpc) is 2.58. The third-order valence-corrected chi connectivity index (χ3v) is 4.06.